The standard InChI is InChI=1S/C19H19ClN2O/c1-12(2)10-17-19(23)22-16-9-8-14(20)11-15(16)18(21-17)13-6-4-3-5-7-13/h3-9,11-12,17H,10H2,1-2H3,(H,22,23)/t17-/m1/s1. The van der Waals surface area contributed by atoms with E-state index in [1.165, 1.54) is 0 Å². The highest BCUT2D eigenvalue weighted by Gasteiger charge is 2.26. The molecule has 0 aliphatic carbocycles. The molecular formula is C19H19ClN2O. The number of carbonyl (C=O) groups is 1. The second-order valence-corrected chi connectivity index (χ2v) is 6.60. The number of amides is 1. The molecule has 118 valence electrons. The summed E-state index contributed by atoms with van der Waals surface area (Å²) in [6.07, 6.45) is 0.712. The summed E-state index contributed by atoms with van der Waals surface area (Å²) in [5.41, 5.74) is 3.42. The van der Waals surface area contributed by atoms with E-state index < -0.39 is 6.04 Å². The lowest BCUT2D eigenvalue weighted by Gasteiger charge is -2.13. The molecule has 0 unspecified atom stereocenters. The topological polar surface area (TPSA) is 41.5 Å². The molecule has 2 aromatic rings. The molecule has 0 saturated carbocycles. The molecule has 0 bridgehead atoms. The third-order valence-electron chi connectivity index (χ3n) is 3.82. The van der Waals surface area contributed by atoms with Crippen LogP contribution in [0.3, 0.4) is 0 Å². The number of anilines is 1. The molecule has 2 aromatic carbocycles. The maximum absolute atomic E-state index is 12.5. The summed E-state index contributed by atoms with van der Waals surface area (Å²) in [6.45, 7) is 4.19. The quantitative estimate of drug-likeness (QED) is 0.883. The van der Waals surface area contributed by atoms with Crippen LogP contribution in [-0.4, -0.2) is 17.7 Å². The molecule has 1 heterocycles. The molecule has 0 fully saturated rings. The average Bonchev–Trinajstić information content (AvgIpc) is 2.65. The van der Waals surface area contributed by atoms with Gasteiger partial charge in [0.2, 0.25) is 5.91 Å². The summed E-state index contributed by atoms with van der Waals surface area (Å²) in [5.74, 6) is 0.324. The van der Waals surface area contributed by atoms with E-state index in [-0.39, 0.29) is 5.91 Å². The van der Waals surface area contributed by atoms with Gasteiger partial charge in [0, 0.05) is 16.1 Å². The van der Waals surface area contributed by atoms with Crippen LogP contribution in [0.4, 0.5) is 5.69 Å². The number of benzene rings is 2. The van der Waals surface area contributed by atoms with Crippen LogP contribution in [0.1, 0.15) is 31.4 Å². The number of carbonyl (C=O) groups excluding carboxylic acids is 1. The molecule has 1 N–H and O–H groups in total. The molecule has 0 spiro atoms. The van der Waals surface area contributed by atoms with Crippen LogP contribution >= 0.6 is 11.6 Å². The van der Waals surface area contributed by atoms with Crippen molar-refractivity contribution < 1.29 is 4.79 Å². The largest absolute Gasteiger partial charge is 0.324 e. The summed E-state index contributed by atoms with van der Waals surface area (Å²) < 4.78 is 0. The number of hydrogen-bond donors (Lipinski definition) is 1. The Bertz CT molecular complexity index is 753. The van der Waals surface area contributed by atoms with Gasteiger partial charge in [-0.3, -0.25) is 9.79 Å². The Balaban J connectivity index is 2.16. The Hall–Kier alpha value is -2.13. The first-order valence-electron chi connectivity index (χ1n) is 7.78. The number of nitrogens with one attached hydrogen (secondary N) is 1. The predicted molar refractivity (Wildman–Crippen MR) is 95.4 cm³/mol. The van der Waals surface area contributed by atoms with Crippen LogP contribution in [0.15, 0.2) is 53.5 Å². The zero-order valence-corrected chi connectivity index (χ0v) is 14.0. The van der Waals surface area contributed by atoms with Crippen molar-refractivity contribution in [1.29, 1.82) is 0 Å². The van der Waals surface area contributed by atoms with Gasteiger partial charge < -0.3 is 5.32 Å². The highest BCUT2D eigenvalue weighted by Crippen LogP contribution is 2.28. The number of hydrogen-bond acceptors (Lipinski definition) is 2. The van der Waals surface area contributed by atoms with E-state index in [0.717, 1.165) is 22.5 Å². The van der Waals surface area contributed by atoms with Crippen molar-refractivity contribution in [3.05, 3.63) is 64.7 Å². The summed E-state index contributed by atoms with van der Waals surface area (Å²) in [5, 5.41) is 3.62. The minimum absolute atomic E-state index is 0.0618. The fraction of sp³-hybridized carbons (Fsp3) is 0.263. The number of aliphatic imine (C=N–C) groups is 1. The van der Waals surface area contributed by atoms with E-state index in [1.807, 2.05) is 42.5 Å². The molecule has 1 amide bonds. The lowest BCUT2D eigenvalue weighted by atomic mass is 10.00. The van der Waals surface area contributed by atoms with Crippen molar-refractivity contribution in [2.45, 2.75) is 26.3 Å². The smallest absolute Gasteiger partial charge is 0.249 e. The summed E-state index contributed by atoms with van der Waals surface area (Å²) in [7, 11) is 0. The van der Waals surface area contributed by atoms with Crippen molar-refractivity contribution in [3.8, 4) is 0 Å². The Morgan fingerprint density at radius 3 is 2.61 bits per heavy atom. The number of nitrogens with zero attached hydrogens (tertiary/aromatic N) is 1. The fourth-order valence-corrected chi connectivity index (χ4v) is 2.93. The van der Waals surface area contributed by atoms with Crippen molar-refractivity contribution in [2.75, 3.05) is 5.32 Å². The first-order chi connectivity index (χ1) is 11.0. The molecule has 0 radical (unpaired) electrons. The number of rotatable bonds is 3. The zero-order chi connectivity index (χ0) is 16.4. The van der Waals surface area contributed by atoms with Gasteiger partial charge in [-0.15, -0.1) is 0 Å². The van der Waals surface area contributed by atoms with E-state index in [0.29, 0.717) is 17.4 Å². The molecule has 1 aliphatic rings. The lowest BCUT2D eigenvalue weighted by Crippen LogP contribution is -2.26. The van der Waals surface area contributed by atoms with Crippen LogP contribution in [0.25, 0.3) is 0 Å². The van der Waals surface area contributed by atoms with Gasteiger partial charge in [-0.25, -0.2) is 0 Å². The zero-order valence-electron chi connectivity index (χ0n) is 13.2. The summed E-state index contributed by atoms with van der Waals surface area (Å²) in [4.78, 5) is 17.3. The van der Waals surface area contributed by atoms with Crippen LogP contribution < -0.4 is 5.32 Å². The van der Waals surface area contributed by atoms with Gasteiger partial charge in [0.1, 0.15) is 6.04 Å². The monoisotopic (exact) mass is 326 g/mol. The van der Waals surface area contributed by atoms with E-state index in [2.05, 4.69) is 19.2 Å². The minimum atomic E-state index is -0.392. The Morgan fingerprint density at radius 1 is 1.17 bits per heavy atom. The molecule has 23 heavy (non-hydrogen) atoms. The van der Waals surface area contributed by atoms with Crippen LogP contribution in [-0.2, 0) is 4.79 Å². The number of fused-ring (bicyclic) bond motifs is 1. The van der Waals surface area contributed by atoms with Gasteiger partial charge in [0.25, 0.3) is 0 Å². The van der Waals surface area contributed by atoms with Crippen molar-refractivity contribution in [2.24, 2.45) is 10.9 Å². The first-order valence-corrected chi connectivity index (χ1v) is 8.16. The Kier molecular flexibility index (Phi) is 4.49. The molecule has 0 saturated heterocycles. The minimum Gasteiger partial charge on any atom is -0.324 e. The third kappa shape index (κ3) is 3.45. The number of halogens is 1. The summed E-state index contributed by atoms with van der Waals surface area (Å²) in [6, 6.07) is 15.0. The first kappa shape index (κ1) is 15.8. The summed E-state index contributed by atoms with van der Waals surface area (Å²) >= 11 is 6.17. The maximum atomic E-state index is 12.5. The highest BCUT2D eigenvalue weighted by atomic mass is 35.5. The lowest BCUT2D eigenvalue weighted by molar-refractivity contribution is -0.117. The molecule has 1 atom stereocenters. The fourth-order valence-electron chi connectivity index (χ4n) is 2.75. The molecule has 3 rings (SSSR count). The molecule has 0 aromatic heterocycles. The highest BCUT2D eigenvalue weighted by molar-refractivity contribution is 6.32. The van der Waals surface area contributed by atoms with Gasteiger partial charge in [-0.05, 0) is 30.5 Å². The van der Waals surface area contributed by atoms with Crippen molar-refractivity contribution >= 4 is 28.9 Å². The van der Waals surface area contributed by atoms with E-state index in [4.69, 9.17) is 16.6 Å². The predicted octanol–water partition coefficient (Wildman–Crippen LogP) is 4.54. The normalized spacial score (nSPS) is 17.3. The van der Waals surface area contributed by atoms with Gasteiger partial charge in [-0.1, -0.05) is 55.8 Å². The van der Waals surface area contributed by atoms with Gasteiger partial charge >= 0.3 is 0 Å². The Labute approximate surface area is 141 Å². The molecule has 1 aliphatic heterocycles. The van der Waals surface area contributed by atoms with E-state index in [1.54, 1.807) is 6.07 Å². The van der Waals surface area contributed by atoms with Gasteiger partial charge in [-0.2, -0.15) is 0 Å². The van der Waals surface area contributed by atoms with Crippen molar-refractivity contribution in [1.82, 2.24) is 0 Å². The number of benzodiazepines with no additional fused rings is 1. The van der Waals surface area contributed by atoms with Crippen LogP contribution in [0, 0.1) is 5.92 Å². The van der Waals surface area contributed by atoms with E-state index in [9.17, 15) is 4.79 Å². The van der Waals surface area contributed by atoms with Crippen LogP contribution in [0.2, 0.25) is 5.02 Å². The van der Waals surface area contributed by atoms with Crippen molar-refractivity contribution in [3.63, 3.8) is 0 Å². The molecular weight excluding hydrogens is 308 g/mol. The average molecular weight is 327 g/mol. The Morgan fingerprint density at radius 2 is 1.91 bits per heavy atom. The van der Waals surface area contributed by atoms with Crippen LogP contribution in [0.5, 0.6) is 0 Å². The molecule has 3 nitrogen and oxygen atoms in total. The third-order valence-corrected chi connectivity index (χ3v) is 4.06. The van der Waals surface area contributed by atoms with E-state index >= 15 is 0 Å². The second kappa shape index (κ2) is 6.55. The van der Waals surface area contributed by atoms with Gasteiger partial charge in [0.05, 0.1) is 11.4 Å². The SMILES string of the molecule is CC(C)C[C@H]1N=C(c2ccccc2)c2cc(Cl)ccc2NC1=O. The molecule has 4 heteroatoms. The second-order valence-electron chi connectivity index (χ2n) is 6.17. The van der Waals surface area contributed by atoms with Gasteiger partial charge in [0.15, 0.2) is 0 Å². The maximum Gasteiger partial charge on any atom is 0.249 e.